The summed E-state index contributed by atoms with van der Waals surface area (Å²) in [4.78, 5) is 25.1. The summed E-state index contributed by atoms with van der Waals surface area (Å²) in [5.41, 5.74) is 3.13. The van der Waals surface area contributed by atoms with Crippen LogP contribution in [0.2, 0.25) is 0 Å². The summed E-state index contributed by atoms with van der Waals surface area (Å²) < 4.78 is 13.4. The number of H-pyrrole nitrogens is 2. The molecule has 2 aromatic heterocycles. The van der Waals surface area contributed by atoms with Crippen LogP contribution >= 0.6 is 0 Å². The van der Waals surface area contributed by atoms with Crippen LogP contribution < -0.4 is 11.0 Å². The number of halogens is 1. The molecule has 0 atom stereocenters. The van der Waals surface area contributed by atoms with E-state index >= 15 is 0 Å². The minimum atomic E-state index is -0.317. The summed E-state index contributed by atoms with van der Waals surface area (Å²) in [7, 11) is 0. The average molecular weight is 323 g/mol. The van der Waals surface area contributed by atoms with E-state index in [0.717, 1.165) is 23.0 Å². The van der Waals surface area contributed by atoms with E-state index in [1.54, 1.807) is 6.07 Å². The number of rotatable bonds is 4. The van der Waals surface area contributed by atoms with Gasteiger partial charge < -0.3 is 15.3 Å². The molecule has 4 aromatic rings. The Labute approximate surface area is 135 Å². The highest BCUT2D eigenvalue weighted by molar-refractivity contribution is 5.88. The number of aromatic nitrogens is 4. The van der Waals surface area contributed by atoms with Gasteiger partial charge in [-0.25, -0.2) is 19.2 Å². The lowest BCUT2D eigenvalue weighted by Crippen LogP contribution is -2.07. The van der Waals surface area contributed by atoms with Crippen LogP contribution in [0.4, 0.5) is 10.2 Å². The predicted octanol–water partition coefficient (Wildman–Crippen LogP) is 2.59. The Morgan fingerprint density at radius 1 is 1.04 bits per heavy atom. The van der Waals surface area contributed by atoms with Gasteiger partial charge in [0, 0.05) is 11.9 Å². The second-order valence-corrected chi connectivity index (χ2v) is 5.52. The summed E-state index contributed by atoms with van der Waals surface area (Å²) in [6, 6.07) is 10.2. The lowest BCUT2D eigenvalue weighted by molar-refractivity contribution is 0.629. The smallest absolute Gasteiger partial charge is 0.323 e. The maximum Gasteiger partial charge on any atom is 0.323 e. The van der Waals surface area contributed by atoms with Gasteiger partial charge in [0.2, 0.25) is 0 Å². The molecule has 0 aliphatic carbocycles. The number of fused-ring (bicyclic) bond motifs is 2. The average Bonchev–Trinajstić information content (AvgIpc) is 2.94. The molecule has 0 aliphatic rings. The van der Waals surface area contributed by atoms with Gasteiger partial charge in [-0.3, -0.25) is 0 Å². The van der Waals surface area contributed by atoms with Crippen LogP contribution in [0.25, 0.3) is 21.9 Å². The summed E-state index contributed by atoms with van der Waals surface area (Å²) in [5, 5.41) is 3.87. The molecule has 120 valence electrons. The third kappa shape index (κ3) is 2.71. The molecule has 0 aliphatic heterocycles. The fraction of sp³-hybridized carbons (Fsp3) is 0.118. The quantitative estimate of drug-likeness (QED) is 0.539. The minimum absolute atomic E-state index is 0.213. The highest BCUT2D eigenvalue weighted by Crippen LogP contribution is 2.20. The summed E-state index contributed by atoms with van der Waals surface area (Å²) in [5.74, 6) is 0.290. The summed E-state index contributed by atoms with van der Waals surface area (Å²) in [6.45, 7) is 0.628. The minimum Gasteiger partial charge on any atom is -0.369 e. The van der Waals surface area contributed by atoms with E-state index in [4.69, 9.17) is 0 Å². The molecule has 0 spiro atoms. The van der Waals surface area contributed by atoms with Gasteiger partial charge in [-0.05, 0) is 42.3 Å². The Morgan fingerprint density at radius 2 is 1.92 bits per heavy atom. The zero-order valence-electron chi connectivity index (χ0n) is 12.6. The Balaban J connectivity index is 1.52. The number of imidazole rings is 1. The van der Waals surface area contributed by atoms with Crippen LogP contribution in [0.1, 0.15) is 5.56 Å². The van der Waals surface area contributed by atoms with Crippen LogP contribution in [0.15, 0.2) is 47.5 Å². The zero-order valence-corrected chi connectivity index (χ0v) is 12.6. The predicted molar refractivity (Wildman–Crippen MR) is 90.6 cm³/mol. The Morgan fingerprint density at radius 3 is 2.83 bits per heavy atom. The summed E-state index contributed by atoms with van der Waals surface area (Å²) >= 11 is 0. The van der Waals surface area contributed by atoms with Crippen LogP contribution in [-0.4, -0.2) is 26.5 Å². The van der Waals surface area contributed by atoms with Crippen LogP contribution in [-0.2, 0) is 6.42 Å². The molecule has 0 radical (unpaired) electrons. The molecule has 2 aromatic carbocycles. The molecule has 0 unspecified atom stereocenters. The molecule has 0 amide bonds. The van der Waals surface area contributed by atoms with Crippen molar-refractivity contribution in [3.63, 3.8) is 0 Å². The highest BCUT2D eigenvalue weighted by Gasteiger charge is 2.05. The molecule has 0 saturated heterocycles. The molecule has 7 heteroatoms. The number of aromatic amines is 2. The van der Waals surface area contributed by atoms with Gasteiger partial charge in [0.15, 0.2) is 0 Å². The van der Waals surface area contributed by atoms with Crippen molar-refractivity contribution in [1.29, 1.82) is 0 Å². The van der Waals surface area contributed by atoms with Crippen molar-refractivity contribution >= 4 is 27.8 Å². The largest absolute Gasteiger partial charge is 0.369 e. The van der Waals surface area contributed by atoms with Crippen molar-refractivity contribution < 1.29 is 4.39 Å². The number of hydrogen-bond acceptors (Lipinski definition) is 4. The highest BCUT2D eigenvalue weighted by atomic mass is 19.1. The molecular formula is C17H14FN5O. The maximum atomic E-state index is 13.4. The molecule has 0 fully saturated rings. The molecule has 6 nitrogen and oxygen atoms in total. The molecule has 0 bridgehead atoms. The van der Waals surface area contributed by atoms with Gasteiger partial charge in [-0.15, -0.1) is 0 Å². The maximum absolute atomic E-state index is 13.4. The molecular weight excluding hydrogens is 309 g/mol. The van der Waals surface area contributed by atoms with Gasteiger partial charge in [0.25, 0.3) is 0 Å². The van der Waals surface area contributed by atoms with E-state index in [-0.39, 0.29) is 11.5 Å². The van der Waals surface area contributed by atoms with Gasteiger partial charge >= 0.3 is 5.69 Å². The van der Waals surface area contributed by atoms with Crippen LogP contribution in [0.5, 0.6) is 0 Å². The molecule has 2 heterocycles. The SMILES string of the molecule is O=c1[nH]c2ccc(CCNc3ncnc4ccc(F)cc34)cc2[nH]1. The van der Waals surface area contributed by atoms with E-state index in [2.05, 4.69) is 25.3 Å². The monoisotopic (exact) mass is 323 g/mol. The normalized spacial score (nSPS) is 11.2. The van der Waals surface area contributed by atoms with Crippen molar-refractivity contribution in [3.05, 3.63) is 64.6 Å². The Hall–Kier alpha value is -3.22. The Kier molecular flexibility index (Phi) is 3.45. The van der Waals surface area contributed by atoms with Gasteiger partial charge in [0.1, 0.15) is 18.0 Å². The van der Waals surface area contributed by atoms with Crippen molar-refractivity contribution in [1.82, 2.24) is 19.9 Å². The van der Waals surface area contributed by atoms with E-state index < -0.39 is 0 Å². The number of hydrogen-bond donors (Lipinski definition) is 3. The summed E-state index contributed by atoms with van der Waals surface area (Å²) in [6.07, 6.45) is 2.20. The van der Waals surface area contributed by atoms with Gasteiger partial charge in [-0.2, -0.15) is 0 Å². The zero-order chi connectivity index (χ0) is 16.5. The first-order valence-electron chi connectivity index (χ1n) is 7.54. The van der Waals surface area contributed by atoms with Crippen molar-refractivity contribution in [2.75, 3.05) is 11.9 Å². The number of anilines is 1. The van der Waals surface area contributed by atoms with Gasteiger partial charge in [0.05, 0.1) is 16.6 Å². The first-order valence-corrected chi connectivity index (χ1v) is 7.54. The molecule has 24 heavy (non-hydrogen) atoms. The van der Waals surface area contributed by atoms with Crippen LogP contribution in [0.3, 0.4) is 0 Å². The number of nitrogens with zero attached hydrogens (tertiary/aromatic N) is 2. The first-order chi connectivity index (χ1) is 11.7. The molecule has 0 saturated carbocycles. The lowest BCUT2D eigenvalue weighted by Gasteiger charge is -2.08. The fourth-order valence-corrected chi connectivity index (χ4v) is 2.73. The van der Waals surface area contributed by atoms with E-state index in [0.29, 0.717) is 23.3 Å². The Bertz CT molecular complexity index is 1090. The van der Waals surface area contributed by atoms with E-state index in [1.807, 2.05) is 18.2 Å². The lowest BCUT2D eigenvalue weighted by atomic mass is 10.1. The van der Waals surface area contributed by atoms with E-state index in [1.165, 1.54) is 18.5 Å². The second kappa shape index (κ2) is 5.77. The topological polar surface area (TPSA) is 86.5 Å². The fourth-order valence-electron chi connectivity index (χ4n) is 2.73. The second-order valence-electron chi connectivity index (χ2n) is 5.52. The van der Waals surface area contributed by atoms with Crippen molar-refractivity contribution in [2.45, 2.75) is 6.42 Å². The molecule has 3 N–H and O–H groups in total. The van der Waals surface area contributed by atoms with E-state index in [9.17, 15) is 9.18 Å². The molecule has 4 rings (SSSR count). The van der Waals surface area contributed by atoms with Gasteiger partial charge in [-0.1, -0.05) is 6.07 Å². The van der Waals surface area contributed by atoms with Crippen molar-refractivity contribution in [3.8, 4) is 0 Å². The standard InChI is InChI=1S/C17H14FN5O/c18-11-2-4-13-12(8-11)16(21-9-20-13)19-6-5-10-1-3-14-15(7-10)23-17(24)22-14/h1-4,7-9H,5-6H2,(H,19,20,21)(H2,22,23,24). The third-order valence-electron chi connectivity index (χ3n) is 3.88. The van der Waals surface area contributed by atoms with Crippen LogP contribution in [0, 0.1) is 5.82 Å². The third-order valence-corrected chi connectivity index (χ3v) is 3.88. The van der Waals surface area contributed by atoms with Crippen molar-refractivity contribution in [2.24, 2.45) is 0 Å². The number of benzene rings is 2. The number of nitrogens with one attached hydrogen (secondary N) is 3. The first kappa shape index (κ1) is 14.4.